The van der Waals surface area contributed by atoms with E-state index in [4.69, 9.17) is 9.47 Å². The highest BCUT2D eigenvalue weighted by Gasteiger charge is 2.57. The van der Waals surface area contributed by atoms with Crippen LogP contribution in [0.25, 0.3) is 0 Å². The summed E-state index contributed by atoms with van der Waals surface area (Å²) in [6.45, 7) is 12.9. The Morgan fingerprint density at radius 1 is 0.892 bits per heavy atom. The summed E-state index contributed by atoms with van der Waals surface area (Å²) in [4.78, 5) is 41.2. The van der Waals surface area contributed by atoms with Crippen LogP contribution in [0.4, 0.5) is 0 Å². The Morgan fingerprint density at radius 3 is 2.05 bits per heavy atom. The standard InChI is InChI=1S/C30H40N2O5/c1-7-36-27(35)30(31-26(34)24-11-9-8-10-12-24)20-28(3,4)32(29(5,6)21-30)17-18-37-25(33)19-23-15-13-22(2)14-16-23/h8-16H,7,17-21H2,1-6H3,(H,31,34). The summed E-state index contributed by atoms with van der Waals surface area (Å²) in [6, 6.07) is 16.7. The summed E-state index contributed by atoms with van der Waals surface area (Å²) < 4.78 is 11.1. The molecule has 1 heterocycles. The van der Waals surface area contributed by atoms with Crippen LogP contribution in [-0.2, 0) is 25.5 Å². The second kappa shape index (κ2) is 11.5. The number of esters is 2. The first kappa shape index (κ1) is 28.4. The van der Waals surface area contributed by atoms with E-state index in [1.807, 2.05) is 65.0 Å². The number of nitrogens with zero attached hydrogens (tertiary/aromatic N) is 1. The van der Waals surface area contributed by atoms with Gasteiger partial charge in [-0.2, -0.15) is 0 Å². The molecule has 3 rings (SSSR count). The summed E-state index contributed by atoms with van der Waals surface area (Å²) in [5, 5.41) is 3.05. The average Bonchev–Trinajstić information content (AvgIpc) is 2.82. The number of ether oxygens (including phenoxy) is 2. The molecule has 37 heavy (non-hydrogen) atoms. The van der Waals surface area contributed by atoms with Crippen LogP contribution in [0.5, 0.6) is 0 Å². The van der Waals surface area contributed by atoms with E-state index >= 15 is 0 Å². The summed E-state index contributed by atoms with van der Waals surface area (Å²) in [7, 11) is 0. The van der Waals surface area contributed by atoms with E-state index in [-0.39, 0.29) is 31.5 Å². The molecule has 0 spiro atoms. The molecule has 0 atom stereocenters. The van der Waals surface area contributed by atoms with Crippen molar-refractivity contribution in [2.24, 2.45) is 0 Å². The van der Waals surface area contributed by atoms with Gasteiger partial charge < -0.3 is 14.8 Å². The zero-order chi connectivity index (χ0) is 27.3. The number of hydrogen-bond acceptors (Lipinski definition) is 6. The number of benzene rings is 2. The van der Waals surface area contributed by atoms with Crippen LogP contribution in [0.15, 0.2) is 54.6 Å². The number of carbonyl (C=O) groups excluding carboxylic acids is 3. The Kier molecular flexibility index (Phi) is 8.80. The molecular formula is C30H40N2O5. The smallest absolute Gasteiger partial charge is 0.331 e. The Balaban J connectivity index is 1.73. The molecule has 1 aliphatic rings. The highest BCUT2D eigenvalue weighted by molar-refractivity contribution is 5.98. The van der Waals surface area contributed by atoms with Crippen LogP contribution in [-0.4, -0.2) is 59.1 Å². The lowest BCUT2D eigenvalue weighted by atomic mass is 9.68. The first-order chi connectivity index (χ1) is 17.4. The van der Waals surface area contributed by atoms with E-state index < -0.39 is 22.6 Å². The molecule has 0 bridgehead atoms. The molecule has 1 saturated heterocycles. The third kappa shape index (κ3) is 6.98. The fourth-order valence-corrected chi connectivity index (χ4v) is 5.76. The van der Waals surface area contributed by atoms with E-state index in [0.29, 0.717) is 24.9 Å². The summed E-state index contributed by atoms with van der Waals surface area (Å²) in [5.74, 6) is -1.00. The lowest BCUT2D eigenvalue weighted by Crippen LogP contribution is -2.72. The minimum atomic E-state index is -1.19. The molecule has 0 aromatic heterocycles. The fraction of sp³-hybridized carbons (Fsp3) is 0.500. The Bertz CT molecular complexity index is 1070. The van der Waals surface area contributed by atoms with Gasteiger partial charge in [0.25, 0.3) is 5.91 Å². The molecule has 1 amide bonds. The van der Waals surface area contributed by atoms with Crippen molar-refractivity contribution in [3.8, 4) is 0 Å². The van der Waals surface area contributed by atoms with E-state index in [0.717, 1.165) is 11.1 Å². The van der Waals surface area contributed by atoms with Crippen molar-refractivity contribution in [2.45, 2.75) is 77.4 Å². The van der Waals surface area contributed by atoms with Gasteiger partial charge in [0.1, 0.15) is 12.1 Å². The molecule has 7 heteroatoms. The molecule has 7 nitrogen and oxygen atoms in total. The van der Waals surface area contributed by atoms with Crippen molar-refractivity contribution in [3.05, 3.63) is 71.3 Å². The van der Waals surface area contributed by atoms with E-state index in [9.17, 15) is 14.4 Å². The minimum absolute atomic E-state index is 0.225. The zero-order valence-corrected chi connectivity index (χ0v) is 22.9. The number of nitrogens with one attached hydrogen (secondary N) is 1. The van der Waals surface area contributed by atoms with Crippen LogP contribution in [0.1, 0.15) is 68.9 Å². The molecule has 2 aromatic rings. The Hall–Kier alpha value is -3.19. The number of carbonyl (C=O) groups is 3. The molecule has 1 aliphatic heterocycles. The predicted molar refractivity (Wildman–Crippen MR) is 143 cm³/mol. The highest BCUT2D eigenvalue weighted by Crippen LogP contribution is 2.44. The molecule has 0 radical (unpaired) electrons. The monoisotopic (exact) mass is 508 g/mol. The van der Waals surface area contributed by atoms with Crippen molar-refractivity contribution < 1.29 is 23.9 Å². The van der Waals surface area contributed by atoms with Gasteiger partial charge >= 0.3 is 11.9 Å². The highest BCUT2D eigenvalue weighted by atomic mass is 16.5. The largest absolute Gasteiger partial charge is 0.464 e. The quantitative estimate of drug-likeness (QED) is 0.503. The molecule has 1 N–H and O–H groups in total. The molecule has 1 fully saturated rings. The zero-order valence-electron chi connectivity index (χ0n) is 22.9. The molecule has 2 aromatic carbocycles. The lowest BCUT2D eigenvalue weighted by Gasteiger charge is -2.58. The predicted octanol–water partition coefficient (Wildman–Crippen LogP) is 4.47. The number of likely N-dealkylation sites (tertiary alicyclic amines) is 1. The van der Waals surface area contributed by atoms with Gasteiger partial charge in [-0.3, -0.25) is 14.5 Å². The van der Waals surface area contributed by atoms with Gasteiger partial charge in [-0.25, -0.2) is 4.79 Å². The van der Waals surface area contributed by atoms with Crippen LogP contribution in [0, 0.1) is 6.92 Å². The molecule has 0 aliphatic carbocycles. The maximum atomic E-state index is 13.3. The number of rotatable bonds is 9. The second-order valence-electron chi connectivity index (χ2n) is 11.1. The van der Waals surface area contributed by atoms with E-state index in [2.05, 4.69) is 10.2 Å². The van der Waals surface area contributed by atoms with Gasteiger partial charge in [0.2, 0.25) is 0 Å². The van der Waals surface area contributed by atoms with E-state index in [1.54, 1.807) is 31.2 Å². The second-order valence-corrected chi connectivity index (χ2v) is 11.1. The first-order valence-corrected chi connectivity index (χ1v) is 12.9. The van der Waals surface area contributed by atoms with Gasteiger partial charge in [-0.15, -0.1) is 0 Å². The Labute approximate surface area is 220 Å². The van der Waals surface area contributed by atoms with Gasteiger partial charge in [0, 0.05) is 23.2 Å². The first-order valence-electron chi connectivity index (χ1n) is 12.9. The maximum absolute atomic E-state index is 13.3. The van der Waals surface area contributed by atoms with Crippen LogP contribution in [0.2, 0.25) is 0 Å². The van der Waals surface area contributed by atoms with Crippen molar-refractivity contribution >= 4 is 17.8 Å². The third-order valence-electron chi connectivity index (χ3n) is 7.03. The van der Waals surface area contributed by atoms with Crippen LogP contribution in [0.3, 0.4) is 0 Å². The summed E-state index contributed by atoms with van der Waals surface area (Å²) in [6.07, 6.45) is 0.945. The number of aryl methyl sites for hydroxylation is 1. The molecule has 0 saturated carbocycles. The molecule has 200 valence electrons. The molecule has 0 unspecified atom stereocenters. The number of amides is 1. The van der Waals surface area contributed by atoms with E-state index in [1.165, 1.54) is 0 Å². The Morgan fingerprint density at radius 2 is 1.49 bits per heavy atom. The molecular weight excluding hydrogens is 468 g/mol. The van der Waals surface area contributed by atoms with Crippen molar-refractivity contribution in [1.82, 2.24) is 10.2 Å². The van der Waals surface area contributed by atoms with Gasteiger partial charge in [-0.1, -0.05) is 48.0 Å². The number of hydrogen-bond donors (Lipinski definition) is 1. The maximum Gasteiger partial charge on any atom is 0.331 e. The lowest BCUT2D eigenvalue weighted by molar-refractivity contribution is -0.163. The van der Waals surface area contributed by atoms with Crippen LogP contribution >= 0.6 is 0 Å². The normalized spacial score (nSPS) is 18.0. The fourth-order valence-electron chi connectivity index (χ4n) is 5.76. The minimum Gasteiger partial charge on any atom is -0.464 e. The summed E-state index contributed by atoms with van der Waals surface area (Å²) in [5.41, 5.74) is 0.371. The SMILES string of the molecule is CCOC(=O)C1(NC(=O)c2ccccc2)CC(C)(C)N(CCOC(=O)Cc2ccc(C)cc2)C(C)(C)C1. The van der Waals surface area contributed by atoms with Crippen molar-refractivity contribution in [3.63, 3.8) is 0 Å². The van der Waals surface area contributed by atoms with Gasteiger partial charge in [0.15, 0.2) is 0 Å². The van der Waals surface area contributed by atoms with Crippen LogP contribution < -0.4 is 5.32 Å². The van der Waals surface area contributed by atoms with Gasteiger partial charge in [0.05, 0.1) is 13.0 Å². The van der Waals surface area contributed by atoms with Crippen molar-refractivity contribution in [1.29, 1.82) is 0 Å². The third-order valence-corrected chi connectivity index (χ3v) is 7.03. The number of piperidine rings is 1. The van der Waals surface area contributed by atoms with Gasteiger partial charge in [-0.05, 0) is 72.1 Å². The summed E-state index contributed by atoms with van der Waals surface area (Å²) >= 11 is 0. The average molecular weight is 509 g/mol. The topological polar surface area (TPSA) is 84.9 Å². The van der Waals surface area contributed by atoms with Crippen molar-refractivity contribution in [2.75, 3.05) is 19.8 Å².